The highest BCUT2D eigenvalue weighted by molar-refractivity contribution is 6.31. The summed E-state index contributed by atoms with van der Waals surface area (Å²) in [7, 11) is 0. The number of rotatable bonds is 3. The molecule has 1 N–H and O–H groups in total. The number of nitrogens with one attached hydrogen (secondary N) is 1. The van der Waals surface area contributed by atoms with E-state index in [1.165, 1.54) is 6.07 Å². The van der Waals surface area contributed by atoms with Crippen molar-refractivity contribution in [1.82, 2.24) is 5.32 Å². The molecule has 3 heteroatoms. The lowest BCUT2D eigenvalue weighted by molar-refractivity contribution is 0.270. The van der Waals surface area contributed by atoms with Crippen molar-refractivity contribution in [2.45, 2.75) is 33.7 Å². The molecule has 90 valence electrons. The van der Waals surface area contributed by atoms with Crippen LogP contribution in [0.2, 0.25) is 5.02 Å². The van der Waals surface area contributed by atoms with E-state index in [0.717, 1.165) is 6.54 Å². The van der Waals surface area contributed by atoms with Gasteiger partial charge in [0.05, 0.1) is 0 Å². The average molecular weight is 244 g/mol. The second-order valence-corrected chi connectivity index (χ2v) is 5.40. The van der Waals surface area contributed by atoms with Crippen molar-refractivity contribution < 1.29 is 4.39 Å². The van der Waals surface area contributed by atoms with Crippen molar-refractivity contribution in [2.24, 2.45) is 5.41 Å². The monoisotopic (exact) mass is 243 g/mol. The van der Waals surface area contributed by atoms with Crippen LogP contribution >= 0.6 is 11.6 Å². The van der Waals surface area contributed by atoms with Crippen molar-refractivity contribution in [3.05, 3.63) is 34.6 Å². The van der Waals surface area contributed by atoms with E-state index in [0.29, 0.717) is 10.6 Å². The fourth-order valence-corrected chi connectivity index (χ4v) is 2.10. The molecule has 1 aromatic carbocycles. The second-order valence-electron chi connectivity index (χ2n) is 4.99. The molecule has 0 aromatic heterocycles. The zero-order chi connectivity index (χ0) is 12.3. The van der Waals surface area contributed by atoms with Crippen LogP contribution in [0, 0.1) is 11.2 Å². The zero-order valence-corrected chi connectivity index (χ0v) is 11.0. The van der Waals surface area contributed by atoms with Gasteiger partial charge in [0, 0.05) is 16.6 Å². The first-order chi connectivity index (χ1) is 7.38. The Hall–Kier alpha value is -0.600. The minimum atomic E-state index is -0.242. The number of hydrogen-bond donors (Lipinski definition) is 1. The van der Waals surface area contributed by atoms with Gasteiger partial charge in [0.2, 0.25) is 0 Å². The lowest BCUT2D eigenvalue weighted by atomic mass is 9.82. The summed E-state index contributed by atoms with van der Waals surface area (Å²) in [5, 5.41) is 3.78. The summed E-state index contributed by atoms with van der Waals surface area (Å²) < 4.78 is 13.8. The summed E-state index contributed by atoms with van der Waals surface area (Å²) in [5.74, 6) is -0.242. The maximum atomic E-state index is 13.8. The first-order valence-electron chi connectivity index (χ1n) is 5.55. The molecule has 0 aliphatic carbocycles. The van der Waals surface area contributed by atoms with E-state index >= 15 is 0 Å². The Bertz CT molecular complexity index is 337. The van der Waals surface area contributed by atoms with E-state index in [1.54, 1.807) is 12.1 Å². The number of halogens is 2. The van der Waals surface area contributed by atoms with Crippen molar-refractivity contribution >= 4 is 11.6 Å². The molecule has 0 saturated carbocycles. The van der Waals surface area contributed by atoms with E-state index in [9.17, 15) is 4.39 Å². The smallest absolute Gasteiger partial charge is 0.129 e. The lowest BCUT2D eigenvalue weighted by Gasteiger charge is -2.32. The van der Waals surface area contributed by atoms with Crippen LogP contribution in [0.4, 0.5) is 4.39 Å². The van der Waals surface area contributed by atoms with Crippen LogP contribution in [0.15, 0.2) is 18.2 Å². The molecule has 0 saturated heterocycles. The van der Waals surface area contributed by atoms with Crippen LogP contribution in [-0.4, -0.2) is 6.54 Å². The van der Waals surface area contributed by atoms with Gasteiger partial charge in [-0.15, -0.1) is 0 Å². The zero-order valence-electron chi connectivity index (χ0n) is 10.3. The van der Waals surface area contributed by atoms with E-state index in [1.807, 2.05) is 6.92 Å². The lowest BCUT2D eigenvalue weighted by Crippen LogP contribution is -2.33. The molecule has 0 amide bonds. The summed E-state index contributed by atoms with van der Waals surface area (Å²) in [4.78, 5) is 0. The van der Waals surface area contributed by atoms with Gasteiger partial charge in [-0.1, -0.05) is 45.4 Å². The van der Waals surface area contributed by atoms with Crippen molar-refractivity contribution in [1.29, 1.82) is 0 Å². The molecule has 1 unspecified atom stereocenters. The minimum Gasteiger partial charge on any atom is -0.310 e. The fourth-order valence-electron chi connectivity index (χ4n) is 1.83. The van der Waals surface area contributed by atoms with E-state index in [-0.39, 0.29) is 17.3 Å². The van der Waals surface area contributed by atoms with Crippen molar-refractivity contribution in [3.8, 4) is 0 Å². The topological polar surface area (TPSA) is 12.0 Å². The third-order valence-corrected chi connectivity index (χ3v) is 2.89. The van der Waals surface area contributed by atoms with Gasteiger partial charge in [0.15, 0.2) is 0 Å². The molecule has 0 radical (unpaired) electrons. The molecular weight excluding hydrogens is 225 g/mol. The SMILES string of the molecule is CCNC(c1c(F)cccc1Cl)C(C)(C)C. The first-order valence-corrected chi connectivity index (χ1v) is 5.93. The van der Waals surface area contributed by atoms with Crippen LogP contribution in [-0.2, 0) is 0 Å². The highest BCUT2D eigenvalue weighted by Gasteiger charge is 2.29. The molecular formula is C13H19ClFN. The molecule has 16 heavy (non-hydrogen) atoms. The van der Waals surface area contributed by atoms with Gasteiger partial charge < -0.3 is 5.32 Å². The Labute approximate surface area is 102 Å². The third kappa shape index (κ3) is 2.96. The van der Waals surface area contributed by atoms with Crippen LogP contribution in [0.3, 0.4) is 0 Å². The number of benzene rings is 1. The maximum Gasteiger partial charge on any atom is 0.129 e. The van der Waals surface area contributed by atoms with Crippen LogP contribution in [0.5, 0.6) is 0 Å². The summed E-state index contributed by atoms with van der Waals surface area (Å²) in [5.41, 5.74) is 0.487. The molecule has 0 heterocycles. The Morgan fingerprint density at radius 3 is 2.44 bits per heavy atom. The quantitative estimate of drug-likeness (QED) is 0.840. The fraction of sp³-hybridized carbons (Fsp3) is 0.538. The van der Waals surface area contributed by atoms with E-state index in [4.69, 9.17) is 11.6 Å². The van der Waals surface area contributed by atoms with Crippen molar-refractivity contribution in [3.63, 3.8) is 0 Å². The van der Waals surface area contributed by atoms with Crippen LogP contribution in [0.1, 0.15) is 39.3 Å². The number of hydrogen-bond acceptors (Lipinski definition) is 1. The Morgan fingerprint density at radius 2 is 2.00 bits per heavy atom. The molecule has 0 bridgehead atoms. The molecule has 1 rings (SSSR count). The van der Waals surface area contributed by atoms with Crippen LogP contribution in [0.25, 0.3) is 0 Å². The van der Waals surface area contributed by atoms with Gasteiger partial charge in [-0.2, -0.15) is 0 Å². The average Bonchev–Trinajstić information content (AvgIpc) is 2.14. The van der Waals surface area contributed by atoms with Crippen molar-refractivity contribution in [2.75, 3.05) is 6.54 Å². The predicted molar refractivity (Wildman–Crippen MR) is 67.3 cm³/mol. The highest BCUT2D eigenvalue weighted by atomic mass is 35.5. The molecule has 1 aromatic rings. The predicted octanol–water partition coefficient (Wildman–Crippen LogP) is 4.18. The standard InChI is InChI=1S/C13H19ClFN/c1-5-16-12(13(2,3)4)11-9(14)7-6-8-10(11)15/h6-8,12,16H,5H2,1-4H3. The first kappa shape index (κ1) is 13.5. The summed E-state index contributed by atoms with van der Waals surface area (Å²) in [6.45, 7) is 9.01. The maximum absolute atomic E-state index is 13.8. The molecule has 0 fully saturated rings. The Kier molecular flexibility index (Phi) is 4.34. The van der Waals surface area contributed by atoms with Gasteiger partial charge in [-0.3, -0.25) is 0 Å². The summed E-state index contributed by atoms with van der Waals surface area (Å²) in [6.07, 6.45) is 0. The second kappa shape index (κ2) is 5.15. The summed E-state index contributed by atoms with van der Waals surface area (Å²) in [6, 6.07) is 4.74. The Balaban J connectivity index is 3.21. The van der Waals surface area contributed by atoms with Gasteiger partial charge in [0.1, 0.15) is 5.82 Å². The molecule has 0 aliphatic rings. The van der Waals surface area contributed by atoms with Crippen LogP contribution < -0.4 is 5.32 Å². The van der Waals surface area contributed by atoms with E-state index in [2.05, 4.69) is 26.1 Å². The van der Waals surface area contributed by atoms with Gasteiger partial charge in [-0.25, -0.2) is 4.39 Å². The van der Waals surface area contributed by atoms with Gasteiger partial charge >= 0.3 is 0 Å². The van der Waals surface area contributed by atoms with Gasteiger partial charge in [0.25, 0.3) is 0 Å². The largest absolute Gasteiger partial charge is 0.310 e. The van der Waals surface area contributed by atoms with E-state index < -0.39 is 0 Å². The molecule has 1 nitrogen and oxygen atoms in total. The summed E-state index contributed by atoms with van der Waals surface area (Å²) >= 11 is 6.09. The normalized spacial score (nSPS) is 13.9. The molecule has 0 spiro atoms. The highest BCUT2D eigenvalue weighted by Crippen LogP contribution is 2.37. The molecule has 1 atom stereocenters. The third-order valence-electron chi connectivity index (χ3n) is 2.56. The molecule has 0 aliphatic heterocycles. The van der Waals surface area contributed by atoms with Gasteiger partial charge in [-0.05, 0) is 24.1 Å². The minimum absolute atomic E-state index is 0.0776. The Morgan fingerprint density at radius 1 is 1.38 bits per heavy atom.